The monoisotopic (exact) mass is 421 g/mol. The van der Waals surface area contributed by atoms with E-state index in [2.05, 4.69) is 6.92 Å². The number of carbonyl (C=O) groups is 1. The molecule has 0 radical (unpaired) electrons. The van der Waals surface area contributed by atoms with Crippen LogP contribution in [0.15, 0.2) is 48.5 Å². The Bertz CT molecular complexity index is 880. The van der Waals surface area contributed by atoms with Crippen molar-refractivity contribution in [2.75, 3.05) is 5.75 Å². The highest BCUT2D eigenvalue weighted by atomic mass is 32.2. The van der Waals surface area contributed by atoms with Gasteiger partial charge in [0.25, 0.3) is 0 Å². The molecule has 0 atom stereocenters. The summed E-state index contributed by atoms with van der Waals surface area (Å²) in [6.45, 7) is 4.36. The minimum absolute atomic E-state index is 0.0386. The van der Waals surface area contributed by atoms with E-state index in [1.807, 2.05) is 0 Å². The predicted molar refractivity (Wildman–Crippen MR) is 111 cm³/mol. The van der Waals surface area contributed by atoms with Gasteiger partial charge in [-0.25, -0.2) is 4.39 Å². The smallest absolute Gasteiger partial charge is 0.308 e. The molecule has 0 unspecified atom stereocenters. The molecule has 0 N–H and O–H groups in total. The van der Waals surface area contributed by atoms with Crippen molar-refractivity contribution < 1.29 is 21.8 Å². The summed E-state index contributed by atoms with van der Waals surface area (Å²) in [5.41, 5.74) is 1.71. The molecule has 0 saturated heterocycles. The minimum Gasteiger partial charge on any atom is -0.382 e. The van der Waals surface area contributed by atoms with E-state index in [1.54, 1.807) is 41.3 Å². The number of carbonyl (C=O) groups excluding carboxylic acids is 1. The lowest BCUT2D eigenvalue weighted by Crippen LogP contribution is -2.29. The highest BCUT2D eigenvalue weighted by Gasteiger charge is 2.15. The lowest BCUT2D eigenvalue weighted by Gasteiger charge is -2.23. The highest BCUT2D eigenvalue weighted by Crippen LogP contribution is 2.18. The Balaban J connectivity index is 2.11. The number of nitrogens with zero attached hydrogens (tertiary/aromatic N) is 1. The van der Waals surface area contributed by atoms with Gasteiger partial charge in [-0.05, 0) is 48.7 Å². The van der Waals surface area contributed by atoms with Crippen molar-refractivity contribution in [2.24, 2.45) is 0 Å². The molecule has 158 valence electrons. The van der Waals surface area contributed by atoms with Crippen molar-refractivity contribution in [3.63, 3.8) is 0 Å². The second kappa shape index (κ2) is 11.0. The van der Waals surface area contributed by atoms with Crippen LogP contribution in [0.3, 0.4) is 0 Å². The van der Waals surface area contributed by atoms with Crippen molar-refractivity contribution in [3.05, 3.63) is 65.5 Å². The third-order valence-electron chi connectivity index (χ3n) is 4.51. The molecule has 0 aliphatic rings. The van der Waals surface area contributed by atoms with E-state index in [4.69, 9.17) is 4.18 Å². The van der Waals surface area contributed by atoms with Crippen molar-refractivity contribution in [1.82, 2.24) is 4.90 Å². The summed E-state index contributed by atoms with van der Waals surface area (Å²) in [7, 11) is -3.57. The van der Waals surface area contributed by atoms with Crippen molar-refractivity contribution in [1.29, 1.82) is 0 Å². The van der Waals surface area contributed by atoms with Crippen molar-refractivity contribution >= 4 is 16.0 Å². The first-order chi connectivity index (χ1) is 13.8. The Morgan fingerprint density at radius 2 is 1.48 bits per heavy atom. The zero-order chi connectivity index (χ0) is 21.3. The minimum atomic E-state index is -3.57. The van der Waals surface area contributed by atoms with Crippen LogP contribution >= 0.6 is 0 Å². The molecule has 7 heteroatoms. The molecule has 0 heterocycles. The molecule has 0 spiro atoms. The van der Waals surface area contributed by atoms with Gasteiger partial charge < -0.3 is 9.08 Å². The van der Waals surface area contributed by atoms with Gasteiger partial charge in [0.15, 0.2) is 0 Å². The first-order valence-corrected chi connectivity index (χ1v) is 11.4. The van der Waals surface area contributed by atoms with Gasteiger partial charge in [-0.3, -0.25) is 4.79 Å². The molecule has 0 aromatic heterocycles. The average Bonchev–Trinajstić information content (AvgIpc) is 2.70. The summed E-state index contributed by atoms with van der Waals surface area (Å²) in [5.74, 6) is -0.134. The van der Waals surface area contributed by atoms with Crippen LogP contribution in [0.4, 0.5) is 4.39 Å². The maximum atomic E-state index is 13.2. The van der Waals surface area contributed by atoms with Gasteiger partial charge in [-0.1, -0.05) is 44.0 Å². The Hall–Kier alpha value is -2.41. The van der Waals surface area contributed by atoms with Crippen LogP contribution in [0.5, 0.6) is 5.75 Å². The van der Waals surface area contributed by atoms with Gasteiger partial charge in [0, 0.05) is 19.5 Å². The third-order valence-corrected chi connectivity index (χ3v) is 5.66. The number of hydrogen-bond acceptors (Lipinski definition) is 4. The zero-order valence-corrected chi connectivity index (χ0v) is 17.8. The van der Waals surface area contributed by atoms with Crippen molar-refractivity contribution in [3.8, 4) is 5.75 Å². The molecule has 0 aliphatic carbocycles. The molecule has 29 heavy (non-hydrogen) atoms. The molecule has 0 fully saturated rings. The quantitative estimate of drug-likeness (QED) is 0.391. The van der Waals surface area contributed by atoms with Crippen LogP contribution in [0, 0.1) is 5.82 Å². The summed E-state index contributed by atoms with van der Waals surface area (Å²) in [5, 5.41) is 0. The summed E-state index contributed by atoms with van der Waals surface area (Å²) in [4.78, 5) is 14.5. The molecular weight excluding hydrogens is 393 g/mol. The van der Waals surface area contributed by atoms with Crippen LogP contribution < -0.4 is 4.18 Å². The fourth-order valence-corrected chi connectivity index (χ4v) is 3.33. The molecule has 2 aromatic rings. The highest BCUT2D eigenvalue weighted by molar-refractivity contribution is 7.87. The van der Waals surface area contributed by atoms with Crippen LogP contribution in [0.2, 0.25) is 0 Å². The molecule has 2 aromatic carbocycles. The normalized spacial score (nSPS) is 11.3. The first kappa shape index (κ1) is 22.9. The van der Waals surface area contributed by atoms with E-state index < -0.39 is 10.1 Å². The van der Waals surface area contributed by atoms with Crippen LogP contribution in [-0.4, -0.2) is 25.0 Å². The number of halogens is 1. The number of amides is 1. The van der Waals surface area contributed by atoms with E-state index in [1.165, 1.54) is 19.1 Å². The summed E-state index contributed by atoms with van der Waals surface area (Å²) in [6, 6.07) is 12.8. The summed E-state index contributed by atoms with van der Waals surface area (Å²) < 4.78 is 41.3. The first-order valence-electron chi connectivity index (χ1n) is 9.86. The van der Waals surface area contributed by atoms with Crippen molar-refractivity contribution in [2.45, 2.75) is 52.6 Å². The van der Waals surface area contributed by atoms with Gasteiger partial charge in [-0.2, -0.15) is 8.42 Å². The number of rotatable bonds is 11. The van der Waals surface area contributed by atoms with Gasteiger partial charge >= 0.3 is 10.1 Å². The fourth-order valence-electron chi connectivity index (χ4n) is 2.80. The standard InChI is InChI=1S/C22H28FNO4S/c1-3-5-6-7-22(25)24(16-18-8-12-20(23)13-9-18)17-19-10-14-21(15-11-19)28-29(26,27)4-2/h8-15H,3-7,16-17H2,1-2H3. The fraction of sp³-hybridized carbons (Fsp3) is 0.409. The van der Waals surface area contributed by atoms with E-state index in [0.29, 0.717) is 19.5 Å². The molecule has 2 rings (SSSR count). The zero-order valence-electron chi connectivity index (χ0n) is 16.9. The summed E-state index contributed by atoms with van der Waals surface area (Å²) in [6.07, 6.45) is 3.32. The maximum absolute atomic E-state index is 13.2. The number of hydrogen-bond donors (Lipinski definition) is 0. The van der Waals surface area contributed by atoms with Crippen LogP contribution in [0.1, 0.15) is 50.7 Å². The number of benzene rings is 2. The SMILES string of the molecule is CCCCCC(=O)N(Cc1ccc(F)cc1)Cc1ccc(OS(=O)(=O)CC)cc1. The molecule has 0 bridgehead atoms. The third kappa shape index (κ3) is 7.85. The van der Waals surface area contributed by atoms with Gasteiger partial charge in [0.2, 0.25) is 5.91 Å². The van der Waals surface area contributed by atoms with E-state index in [0.717, 1.165) is 30.4 Å². The van der Waals surface area contributed by atoms with Crippen LogP contribution in [-0.2, 0) is 28.0 Å². The van der Waals surface area contributed by atoms with Gasteiger partial charge in [0.1, 0.15) is 11.6 Å². The lowest BCUT2D eigenvalue weighted by atomic mass is 10.1. The second-order valence-electron chi connectivity index (χ2n) is 6.91. The Labute approximate surface area is 172 Å². The Morgan fingerprint density at radius 3 is 2.00 bits per heavy atom. The lowest BCUT2D eigenvalue weighted by molar-refractivity contribution is -0.132. The van der Waals surface area contributed by atoms with E-state index in [-0.39, 0.29) is 23.2 Å². The average molecular weight is 422 g/mol. The largest absolute Gasteiger partial charge is 0.382 e. The van der Waals surface area contributed by atoms with Crippen LogP contribution in [0.25, 0.3) is 0 Å². The second-order valence-corrected chi connectivity index (χ2v) is 8.77. The molecule has 0 aliphatic heterocycles. The number of unbranched alkanes of at least 4 members (excludes halogenated alkanes) is 2. The van der Waals surface area contributed by atoms with E-state index in [9.17, 15) is 17.6 Å². The topological polar surface area (TPSA) is 63.7 Å². The predicted octanol–water partition coefficient (Wildman–Crippen LogP) is 4.66. The maximum Gasteiger partial charge on any atom is 0.308 e. The molecule has 1 amide bonds. The summed E-state index contributed by atoms with van der Waals surface area (Å²) >= 11 is 0. The van der Waals surface area contributed by atoms with Gasteiger partial charge in [0.05, 0.1) is 5.75 Å². The van der Waals surface area contributed by atoms with E-state index >= 15 is 0 Å². The Kier molecular flexibility index (Phi) is 8.64. The molecule has 0 saturated carbocycles. The Morgan fingerprint density at radius 1 is 0.931 bits per heavy atom. The molecular formula is C22H28FNO4S. The molecule has 5 nitrogen and oxygen atoms in total. The van der Waals surface area contributed by atoms with Gasteiger partial charge in [-0.15, -0.1) is 0 Å².